The number of nitrogens with one attached hydrogen (secondary N) is 2. The smallest absolute Gasteiger partial charge is 0.191 e. The van der Waals surface area contributed by atoms with Crippen LogP contribution in [0.25, 0.3) is 0 Å². The van der Waals surface area contributed by atoms with E-state index in [0.29, 0.717) is 6.54 Å². The van der Waals surface area contributed by atoms with Crippen molar-refractivity contribution in [2.45, 2.75) is 46.1 Å². The molecule has 1 fully saturated rings. The van der Waals surface area contributed by atoms with Gasteiger partial charge in [0.05, 0.1) is 12.2 Å². The van der Waals surface area contributed by atoms with Crippen molar-refractivity contribution in [2.75, 3.05) is 32.7 Å². The molecular weight excluding hydrogens is 427 g/mol. The van der Waals surface area contributed by atoms with Gasteiger partial charge < -0.3 is 15.5 Å². The van der Waals surface area contributed by atoms with Gasteiger partial charge in [0.15, 0.2) is 5.96 Å². The topological polar surface area (TPSA) is 57.5 Å². The second-order valence-corrected chi connectivity index (χ2v) is 6.80. The lowest BCUT2D eigenvalue weighted by Gasteiger charge is -2.30. The fourth-order valence-corrected chi connectivity index (χ4v) is 3.01. The van der Waals surface area contributed by atoms with E-state index in [0.717, 1.165) is 30.7 Å². The number of aromatic nitrogens is 2. The van der Waals surface area contributed by atoms with Crippen LogP contribution in [0.1, 0.15) is 45.2 Å². The first-order valence-corrected chi connectivity index (χ1v) is 9.40. The molecule has 0 aromatic carbocycles. The summed E-state index contributed by atoms with van der Waals surface area (Å²) in [5.41, 5.74) is 1.12. The van der Waals surface area contributed by atoms with Gasteiger partial charge in [-0.1, -0.05) is 6.92 Å². The highest BCUT2D eigenvalue weighted by Crippen LogP contribution is 2.15. The molecule has 2 heterocycles. The Morgan fingerprint density at radius 3 is 2.68 bits per heavy atom. The molecule has 0 saturated carbocycles. The Bertz CT molecular complexity index is 494. The zero-order chi connectivity index (χ0) is 17.2. The molecule has 0 amide bonds. The number of unbranched alkanes of at least 4 members (excludes halogenated alkanes) is 1. The van der Waals surface area contributed by atoms with Crippen LogP contribution in [0, 0.1) is 5.92 Å². The third-order valence-electron chi connectivity index (χ3n) is 4.74. The third kappa shape index (κ3) is 8.40. The first-order valence-electron chi connectivity index (χ1n) is 9.40. The van der Waals surface area contributed by atoms with Crippen molar-refractivity contribution in [2.24, 2.45) is 18.0 Å². The van der Waals surface area contributed by atoms with Gasteiger partial charge in [-0.25, -0.2) is 4.99 Å². The molecule has 25 heavy (non-hydrogen) atoms. The minimum absolute atomic E-state index is 0. The molecule has 0 spiro atoms. The Hall–Kier alpha value is -0.830. The SMILES string of the molecule is CCNC(=NCc1ccnn1C)NCCCCN1CCC(C)CC1.I. The average Bonchev–Trinajstić information content (AvgIpc) is 2.99. The van der Waals surface area contributed by atoms with E-state index in [4.69, 9.17) is 0 Å². The lowest BCUT2D eigenvalue weighted by atomic mass is 9.99. The highest BCUT2D eigenvalue weighted by molar-refractivity contribution is 14.0. The second kappa shape index (κ2) is 12.5. The number of likely N-dealkylation sites (tertiary alicyclic amines) is 1. The Balaban J connectivity index is 0.00000312. The van der Waals surface area contributed by atoms with Crippen LogP contribution in [0.3, 0.4) is 0 Å². The summed E-state index contributed by atoms with van der Waals surface area (Å²) < 4.78 is 1.87. The van der Waals surface area contributed by atoms with Crippen molar-refractivity contribution in [3.63, 3.8) is 0 Å². The number of halogens is 1. The predicted octanol–water partition coefficient (Wildman–Crippen LogP) is 2.61. The summed E-state index contributed by atoms with van der Waals surface area (Å²) in [4.78, 5) is 7.25. The number of aliphatic imine (C=N–C) groups is 1. The molecule has 0 atom stereocenters. The van der Waals surface area contributed by atoms with E-state index < -0.39 is 0 Å². The van der Waals surface area contributed by atoms with Crippen LogP contribution in [0.2, 0.25) is 0 Å². The Labute approximate surface area is 169 Å². The van der Waals surface area contributed by atoms with Gasteiger partial charge in [-0.15, -0.1) is 24.0 Å². The van der Waals surface area contributed by atoms with E-state index in [-0.39, 0.29) is 24.0 Å². The third-order valence-corrected chi connectivity index (χ3v) is 4.74. The van der Waals surface area contributed by atoms with Crippen LogP contribution in [0.5, 0.6) is 0 Å². The van der Waals surface area contributed by atoms with Gasteiger partial charge in [0.2, 0.25) is 0 Å². The lowest BCUT2D eigenvalue weighted by molar-refractivity contribution is 0.189. The van der Waals surface area contributed by atoms with Crippen molar-refractivity contribution in [1.82, 2.24) is 25.3 Å². The molecule has 1 aromatic rings. The van der Waals surface area contributed by atoms with Crippen LogP contribution in [-0.2, 0) is 13.6 Å². The van der Waals surface area contributed by atoms with E-state index in [1.807, 2.05) is 24.0 Å². The van der Waals surface area contributed by atoms with Gasteiger partial charge in [0, 0.05) is 26.3 Å². The minimum atomic E-state index is 0. The number of guanidine groups is 1. The molecule has 0 aliphatic carbocycles. The number of nitrogens with zero attached hydrogens (tertiary/aromatic N) is 4. The molecule has 0 unspecified atom stereocenters. The maximum absolute atomic E-state index is 4.64. The summed E-state index contributed by atoms with van der Waals surface area (Å²) in [5.74, 6) is 1.81. The first-order chi connectivity index (χ1) is 11.7. The van der Waals surface area contributed by atoms with Crippen molar-refractivity contribution in [3.8, 4) is 0 Å². The Morgan fingerprint density at radius 2 is 2.04 bits per heavy atom. The van der Waals surface area contributed by atoms with Gasteiger partial charge in [0.1, 0.15) is 0 Å². The van der Waals surface area contributed by atoms with Crippen LogP contribution in [0.15, 0.2) is 17.3 Å². The maximum atomic E-state index is 4.64. The molecule has 6 nitrogen and oxygen atoms in total. The van der Waals surface area contributed by atoms with Crippen molar-refractivity contribution in [3.05, 3.63) is 18.0 Å². The van der Waals surface area contributed by atoms with Crippen molar-refractivity contribution < 1.29 is 0 Å². The summed E-state index contributed by atoms with van der Waals surface area (Å²) in [7, 11) is 1.95. The molecule has 1 saturated heterocycles. The predicted molar refractivity (Wildman–Crippen MR) is 116 cm³/mol. The number of rotatable bonds is 8. The number of piperidine rings is 1. The van der Waals surface area contributed by atoms with Crippen LogP contribution < -0.4 is 10.6 Å². The fourth-order valence-electron chi connectivity index (χ4n) is 3.01. The molecular formula is C18H35IN6. The minimum Gasteiger partial charge on any atom is -0.357 e. The Kier molecular flexibility index (Phi) is 11.1. The standard InChI is InChI=1S/C18H34N6.HI/c1-4-19-18(21-15-17-7-11-22-23(17)3)20-10-5-6-12-24-13-8-16(2)9-14-24;/h7,11,16H,4-6,8-10,12-15H2,1-3H3,(H2,19,20,21);1H. The average molecular weight is 462 g/mol. The summed E-state index contributed by atoms with van der Waals surface area (Å²) in [6, 6.07) is 2.01. The largest absolute Gasteiger partial charge is 0.357 e. The normalized spacial score (nSPS) is 16.5. The molecule has 1 aromatic heterocycles. The Morgan fingerprint density at radius 1 is 1.28 bits per heavy atom. The molecule has 7 heteroatoms. The second-order valence-electron chi connectivity index (χ2n) is 6.80. The quantitative estimate of drug-likeness (QED) is 0.270. The highest BCUT2D eigenvalue weighted by Gasteiger charge is 2.14. The molecule has 1 aliphatic heterocycles. The van der Waals surface area contributed by atoms with Gasteiger partial charge >= 0.3 is 0 Å². The zero-order valence-electron chi connectivity index (χ0n) is 16.0. The summed E-state index contributed by atoms with van der Waals surface area (Å²) in [6.45, 7) is 10.8. The van der Waals surface area contributed by atoms with Gasteiger partial charge in [-0.3, -0.25) is 4.68 Å². The number of aryl methyl sites for hydroxylation is 1. The van der Waals surface area contributed by atoms with E-state index in [9.17, 15) is 0 Å². The van der Waals surface area contributed by atoms with Crippen LogP contribution >= 0.6 is 24.0 Å². The molecule has 0 radical (unpaired) electrons. The van der Waals surface area contributed by atoms with Crippen molar-refractivity contribution in [1.29, 1.82) is 0 Å². The van der Waals surface area contributed by atoms with Crippen molar-refractivity contribution >= 4 is 29.9 Å². The number of hydrogen-bond acceptors (Lipinski definition) is 3. The van der Waals surface area contributed by atoms with Gasteiger partial charge in [-0.05, 0) is 64.2 Å². The molecule has 2 N–H and O–H groups in total. The molecule has 144 valence electrons. The maximum Gasteiger partial charge on any atom is 0.191 e. The molecule has 0 bridgehead atoms. The lowest BCUT2D eigenvalue weighted by Crippen LogP contribution is -2.38. The summed E-state index contributed by atoms with van der Waals surface area (Å²) in [5, 5.41) is 10.9. The van der Waals surface area contributed by atoms with Gasteiger partial charge in [-0.2, -0.15) is 5.10 Å². The number of hydrogen-bond donors (Lipinski definition) is 2. The van der Waals surface area contributed by atoms with E-state index >= 15 is 0 Å². The zero-order valence-corrected chi connectivity index (χ0v) is 18.3. The van der Waals surface area contributed by atoms with Crippen LogP contribution in [0.4, 0.5) is 0 Å². The molecule has 1 aliphatic rings. The summed E-state index contributed by atoms with van der Waals surface area (Å²) >= 11 is 0. The highest BCUT2D eigenvalue weighted by atomic mass is 127. The van der Waals surface area contributed by atoms with E-state index in [2.05, 4.69) is 39.5 Å². The summed E-state index contributed by atoms with van der Waals surface area (Å²) in [6.07, 6.45) is 6.98. The molecule has 2 rings (SSSR count). The first kappa shape index (κ1) is 22.2. The van der Waals surface area contributed by atoms with Crippen LogP contribution in [-0.4, -0.2) is 53.4 Å². The monoisotopic (exact) mass is 462 g/mol. The fraction of sp³-hybridized carbons (Fsp3) is 0.778. The van der Waals surface area contributed by atoms with Gasteiger partial charge in [0.25, 0.3) is 0 Å². The van der Waals surface area contributed by atoms with E-state index in [1.165, 1.54) is 45.3 Å². The van der Waals surface area contributed by atoms with E-state index in [1.54, 1.807) is 0 Å².